The van der Waals surface area contributed by atoms with E-state index in [1.165, 1.54) is 7.11 Å². The molecule has 1 aromatic rings. The molecule has 124 valence electrons. The van der Waals surface area contributed by atoms with Gasteiger partial charge in [0, 0.05) is 11.6 Å². The maximum atomic E-state index is 12.2. The topological polar surface area (TPSA) is 79.0 Å². The standard InChI is InChI=1S/C15H18ClN3O4/c1-18(8-10-3-5-11(16)6-4-10)9-19-14(21)12(17-15(19)22)7-13(20)23-2/h3-6,12H,7-9H2,1-2H3,(H,17,22)/t12-/m1/s1. The third kappa shape index (κ3) is 4.43. The van der Waals surface area contributed by atoms with Crippen LogP contribution in [0.1, 0.15) is 12.0 Å². The highest BCUT2D eigenvalue weighted by Crippen LogP contribution is 2.14. The first kappa shape index (κ1) is 17.2. The second kappa shape index (κ2) is 7.43. The van der Waals surface area contributed by atoms with Gasteiger partial charge in [0.05, 0.1) is 20.2 Å². The van der Waals surface area contributed by atoms with Gasteiger partial charge in [0.2, 0.25) is 0 Å². The largest absolute Gasteiger partial charge is 0.469 e. The summed E-state index contributed by atoms with van der Waals surface area (Å²) in [6.45, 7) is 0.681. The minimum atomic E-state index is -0.862. The van der Waals surface area contributed by atoms with Gasteiger partial charge in [0.25, 0.3) is 5.91 Å². The van der Waals surface area contributed by atoms with Gasteiger partial charge in [-0.15, -0.1) is 0 Å². The highest BCUT2D eigenvalue weighted by molar-refractivity contribution is 6.30. The molecule has 3 amide bonds. The van der Waals surface area contributed by atoms with Crippen molar-refractivity contribution in [2.24, 2.45) is 0 Å². The van der Waals surface area contributed by atoms with Crippen molar-refractivity contribution in [2.45, 2.75) is 19.0 Å². The predicted octanol–water partition coefficient (Wildman–Crippen LogP) is 1.21. The van der Waals surface area contributed by atoms with Crippen molar-refractivity contribution in [3.8, 4) is 0 Å². The van der Waals surface area contributed by atoms with Gasteiger partial charge in [-0.1, -0.05) is 23.7 Å². The van der Waals surface area contributed by atoms with Gasteiger partial charge in [-0.2, -0.15) is 0 Å². The molecule has 1 fully saturated rings. The molecule has 0 bridgehead atoms. The number of hydrogen-bond acceptors (Lipinski definition) is 5. The number of esters is 1. The van der Waals surface area contributed by atoms with Crippen LogP contribution in [0.25, 0.3) is 0 Å². The Morgan fingerprint density at radius 3 is 2.61 bits per heavy atom. The van der Waals surface area contributed by atoms with E-state index in [2.05, 4.69) is 10.1 Å². The molecule has 1 aliphatic rings. The van der Waals surface area contributed by atoms with E-state index in [9.17, 15) is 14.4 Å². The summed E-state index contributed by atoms with van der Waals surface area (Å²) in [4.78, 5) is 38.2. The molecule has 0 aliphatic carbocycles. The lowest BCUT2D eigenvalue weighted by Crippen LogP contribution is -2.40. The second-order valence-corrected chi connectivity index (χ2v) is 5.77. The Labute approximate surface area is 139 Å². The van der Waals surface area contributed by atoms with E-state index in [1.807, 2.05) is 17.0 Å². The fourth-order valence-corrected chi connectivity index (χ4v) is 2.42. The Hall–Kier alpha value is -2.12. The molecule has 2 rings (SSSR count). The molecule has 1 heterocycles. The Morgan fingerprint density at radius 1 is 1.35 bits per heavy atom. The first-order chi connectivity index (χ1) is 10.9. The number of urea groups is 1. The van der Waals surface area contributed by atoms with E-state index < -0.39 is 23.9 Å². The molecule has 1 aromatic carbocycles. The summed E-state index contributed by atoms with van der Waals surface area (Å²) in [6.07, 6.45) is -0.168. The monoisotopic (exact) mass is 339 g/mol. The van der Waals surface area contributed by atoms with Crippen molar-refractivity contribution in [3.05, 3.63) is 34.9 Å². The van der Waals surface area contributed by atoms with Gasteiger partial charge < -0.3 is 10.1 Å². The van der Waals surface area contributed by atoms with Crippen LogP contribution in [0, 0.1) is 0 Å². The van der Waals surface area contributed by atoms with Crippen molar-refractivity contribution in [3.63, 3.8) is 0 Å². The Kier molecular flexibility index (Phi) is 5.57. The molecule has 1 N–H and O–H groups in total. The van der Waals surface area contributed by atoms with Crippen LogP contribution in [0.2, 0.25) is 5.02 Å². The molecule has 1 saturated heterocycles. The van der Waals surface area contributed by atoms with Crippen LogP contribution in [-0.4, -0.2) is 54.6 Å². The molecule has 1 aliphatic heterocycles. The van der Waals surface area contributed by atoms with Crippen molar-refractivity contribution in [1.82, 2.24) is 15.1 Å². The molecule has 0 radical (unpaired) electrons. The maximum absolute atomic E-state index is 12.2. The smallest absolute Gasteiger partial charge is 0.325 e. The number of carbonyl (C=O) groups excluding carboxylic acids is 3. The third-order valence-electron chi connectivity index (χ3n) is 3.45. The zero-order chi connectivity index (χ0) is 17.0. The molecule has 23 heavy (non-hydrogen) atoms. The van der Waals surface area contributed by atoms with Crippen LogP contribution in [0.4, 0.5) is 4.79 Å². The van der Waals surface area contributed by atoms with Gasteiger partial charge in [-0.05, 0) is 24.7 Å². The lowest BCUT2D eigenvalue weighted by molar-refractivity contribution is -0.143. The van der Waals surface area contributed by atoms with Crippen LogP contribution in [0.5, 0.6) is 0 Å². The molecular weight excluding hydrogens is 322 g/mol. The van der Waals surface area contributed by atoms with Crippen molar-refractivity contribution in [2.75, 3.05) is 20.8 Å². The highest BCUT2D eigenvalue weighted by atomic mass is 35.5. The lowest BCUT2D eigenvalue weighted by Gasteiger charge is -2.22. The van der Waals surface area contributed by atoms with Crippen molar-refractivity contribution < 1.29 is 19.1 Å². The first-order valence-electron chi connectivity index (χ1n) is 7.02. The average molecular weight is 340 g/mol. The van der Waals surface area contributed by atoms with Crippen molar-refractivity contribution in [1.29, 1.82) is 0 Å². The van der Waals surface area contributed by atoms with E-state index in [1.54, 1.807) is 19.2 Å². The van der Waals surface area contributed by atoms with E-state index in [4.69, 9.17) is 11.6 Å². The fraction of sp³-hybridized carbons (Fsp3) is 0.400. The molecule has 0 spiro atoms. The molecule has 1 atom stereocenters. The number of hydrogen-bond donors (Lipinski definition) is 1. The van der Waals surface area contributed by atoms with Gasteiger partial charge in [0.1, 0.15) is 6.04 Å². The lowest BCUT2D eigenvalue weighted by atomic mass is 10.2. The number of methoxy groups -OCH3 is 1. The Bertz CT molecular complexity index is 605. The second-order valence-electron chi connectivity index (χ2n) is 5.33. The minimum absolute atomic E-state index is 0.130. The summed E-state index contributed by atoms with van der Waals surface area (Å²) in [6, 6.07) is 5.95. The van der Waals surface area contributed by atoms with E-state index in [0.717, 1.165) is 10.5 Å². The number of ether oxygens (including phenoxy) is 1. The number of imide groups is 1. The number of nitrogens with zero attached hydrogens (tertiary/aromatic N) is 2. The number of nitrogens with one attached hydrogen (secondary N) is 1. The molecule has 0 unspecified atom stereocenters. The van der Waals surface area contributed by atoms with Crippen LogP contribution < -0.4 is 5.32 Å². The van der Waals surface area contributed by atoms with Crippen LogP contribution >= 0.6 is 11.6 Å². The molecule has 0 saturated carbocycles. The zero-order valence-corrected chi connectivity index (χ0v) is 13.7. The summed E-state index contributed by atoms with van der Waals surface area (Å²) in [5.74, 6) is -0.969. The Morgan fingerprint density at radius 2 is 2.00 bits per heavy atom. The van der Waals surface area contributed by atoms with Gasteiger partial charge in [-0.25, -0.2) is 9.69 Å². The van der Waals surface area contributed by atoms with Crippen LogP contribution in [-0.2, 0) is 20.9 Å². The number of amides is 3. The summed E-state index contributed by atoms with van der Waals surface area (Å²) < 4.78 is 4.52. The fourth-order valence-electron chi connectivity index (χ4n) is 2.29. The van der Waals surface area contributed by atoms with Crippen LogP contribution in [0.15, 0.2) is 24.3 Å². The summed E-state index contributed by atoms with van der Waals surface area (Å²) in [7, 11) is 3.03. The molecule has 0 aromatic heterocycles. The normalized spacial score (nSPS) is 17.6. The Balaban J connectivity index is 1.93. The summed E-state index contributed by atoms with van der Waals surface area (Å²) >= 11 is 5.84. The SMILES string of the molecule is COC(=O)C[C@H]1NC(=O)N(CN(C)Cc2ccc(Cl)cc2)C1=O. The number of benzene rings is 1. The maximum Gasteiger partial charge on any atom is 0.325 e. The number of rotatable bonds is 6. The molecule has 7 nitrogen and oxygen atoms in total. The molecule has 8 heteroatoms. The third-order valence-corrected chi connectivity index (χ3v) is 3.71. The first-order valence-corrected chi connectivity index (χ1v) is 7.40. The summed E-state index contributed by atoms with van der Waals surface area (Å²) in [5, 5.41) is 3.14. The number of halogens is 1. The molecular formula is C15H18ClN3O4. The van der Waals surface area contributed by atoms with E-state index >= 15 is 0 Å². The van der Waals surface area contributed by atoms with Crippen molar-refractivity contribution >= 4 is 29.5 Å². The minimum Gasteiger partial charge on any atom is -0.469 e. The predicted molar refractivity (Wildman–Crippen MR) is 83.6 cm³/mol. The number of carbonyl (C=O) groups is 3. The van der Waals surface area contributed by atoms with Crippen LogP contribution in [0.3, 0.4) is 0 Å². The quantitative estimate of drug-likeness (QED) is 0.622. The van der Waals surface area contributed by atoms with Gasteiger partial charge in [-0.3, -0.25) is 14.5 Å². The van der Waals surface area contributed by atoms with E-state index in [-0.39, 0.29) is 13.1 Å². The van der Waals surface area contributed by atoms with Gasteiger partial charge >= 0.3 is 12.0 Å². The average Bonchev–Trinajstić information content (AvgIpc) is 2.77. The highest BCUT2D eigenvalue weighted by Gasteiger charge is 2.39. The van der Waals surface area contributed by atoms with E-state index in [0.29, 0.717) is 11.6 Å². The zero-order valence-electron chi connectivity index (χ0n) is 12.9. The van der Waals surface area contributed by atoms with Gasteiger partial charge in [0.15, 0.2) is 0 Å². The summed E-state index contributed by atoms with van der Waals surface area (Å²) in [5.41, 5.74) is 1.01.